The topological polar surface area (TPSA) is 44.3 Å². The molecule has 1 aromatic carbocycles. The number of phenols is 1. The van der Waals surface area contributed by atoms with Crippen LogP contribution in [0.15, 0.2) is 12.1 Å². The van der Waals surface area contributed by atoms with E-state index in [4.69, 9.17) is 23.8 Å². The van der Waals surface area contributed by atoms with E-state index in [0.717, 1.165) is 18.9 Å². The molecule has 3 nitrogen and oxygen atoms in total. The molecule has 0 atom stereocenters. The third-order valence-corrected chi connectivity index (χ3v) is 3.75. The van der Waals surface area contributed by atoms with Crippen molar-refractivity contribution in [2.24, 2.45) is 0 Å². The second-order valence-electron chi connectivity index (χ2n) is 4.72. The van der Waals surface area contributed by atoms with Crippen molar-refractivity contribution in [3.63, 3.8) is 0 Å². The predicted molar refractivity (Wildman–Crippen MR) is 79.3 cm³/mol. The Balaban J connectivity index is 1.96. The molecule has 0 saturated heterocycles. The minimum absolute atomic E-state index is 0.0874. The molecular formula is C13H16ClFN2OS. The molecule has 1 aromatic rings. The van der Waals surface area contributed by atoms with Crippen molar-refractivity contribution in [3.8, 4) is 5.75 Å². The van der Waals surface area contributed by atoms with Gasteiger partial charge in [0.1, 0.15) is 11.6 Å². The maximum absolute atomic E-state index is 13.6. The average molecular weight is 303 g/mol. The van der Waals surface area contributed by atoms with E-state index in [-0.39, 0.29) is 16.5 Å². The van der Waals surface area contributed by atoms with E-state index < -0.39 is 5.82 Å². The minimum Gasteiger partial charge on any atom is -0.506 e. The van der Waals surface area contributed by atoms with Crippen LogP contribution in [-0.4, -0.2) is 16.3 Å². The Morgan fingerprint density at radius 2 is 2.00 bits per heavy atom. The van der Waals surface area contributed by atoms with Crippen LogP contribution in [0.2, 0.25) is 5.02 Å². The molecule has 1 aliphatic carbocycles. The Hall–Kier alpha value is -1.07. The number of anilines is 1. The summed E-state index contributed by atoms with van der Waals surface area (Å²) in [5.41, 5.74) is 0.163. The second kappa shape index (κ2) is 6.39. The fourth-order valence-corrected chi connectivity index (χ4v) is 2.66. The lowest BCUT2D eigenvalue weighted by Gasteiger charge is -2.24. The van der Waals surface area contributed by atoms with Crippen LogP contribution in [0.5, 0.6) is 5.75 Å². The van der Waals surface area contributed by atoms with Gasteiger partial charge in [-0.25, -0.2) is 4.39 Å². The highest BCUT2D eigenvalue weighted by Gasteiger charge is 2.15. The molecular weight excluding hydrogens is 287 g/mol. The first-order valence-corrected chi connectivity index (χ1v) is 7.10. The van der Waals surface area contributed by atoms with Gasteiger partial charge in [-0.1, -0.05) is 30.9 Å². The Bertz CT molecular complexity index is 478. The van der Waals surface area contributed by atoms with E-state index in [0.29, 0.717) is 11.2 Å². The standard InChI is InChI=1S/C13H16ClFN2OS/c14-9-6-11(10(15)7-12(9)18)17-13(19)16-8-4-2-1-3-5-8/h6-8,18H,1-5H2,(H2,16,17,19). The van der Waals surface area contributed by atoms with Crippen molar-refractivity contribution in [1.82, 2.24) is 5.32 Å². The van der Waals surface area contributed by atoms with Gasteiger partial charge in [-0.2, -0.15) is 0 Å². The lowest BCUT2D eigenvalue weighted by Crippen LogP contribution is -2.38. The SMILES string of the molecule is Oc1cc(F)c(NC(=S)NC2CCCCC2)cc1Cl. The van der Waals surface area contributed by atoms with Crippen molar-refractivity contribution in [2.45, 2.75) is 38.1 Å². The van der Waals surface area contributed by atoms with Gasteiger partial charge in [-0.05, 0) is 31.1 Å². The maximum atomic E-state index is 13.6. The molecule has 104 valence electrons. The number of rotatable bonds is 2. The van der Waals surface area contributed by atoms with Crippen molar-refractivity contribution in [3.05, 3.63) is 23.0 Å². The Kier molecular flexibility index (Phi) is 4.82. The highest BCUT2D eigenvalue weighted by atomic mass is 35.5. The zero-order chi connectivity index (χ0) is 13.8. The molecule has 0 aromatic heterocycles. The van der Waals surface area contributed by atoms with E-state index >= 15 is 0 Å². The quantitative estimate of drug-likeness (QED) is 0.574. The summed E-state index contributed by atoms with van der Waals surface area (Å²) in [6, 6.07) is 2.64. The van der Waals surface area contributed by atoms with Crippen LogP contribution in [0.4, 0.5) is 10.1 Å². The molecule has 0 bridgehead atoms. The first-order chi connectivity index (χ1) is 9.06. The molecule has 0 spiro atoms. The fourth-order valence-electron chi connectivity index (χ4n) is 2.22. The molecule has 6 heteroatoms. The average Bonchev–Trinajstić information content (AvgIpc) is 2.37. The molecule has 1 fully saturated rings. The van der Waals surface area contributed by atoms with E-state index in [1.165, 1.54) is 25.3 Å². The second-order valence-corrected chi connectivity index (χ2v) is 5.53. The molecule has 1 aliphatic rings. The van der Waals surface area contributed by atoms with Gasteiger partial charge >= 0.3 is 0 Å². The summed E-state index contributed by atoms with van der Waals surface area (Å²) in [6.07, 6.45) is 5.82. The van der Waals surface area contributed by atoms with E-state index in [9.17, 15) is 9.50 Å². The van der Waals surface area contributed by atoms with Gasteiger partial charge in [0.05, 0.1) is 10.7 Å². The molecule has 0 amide bonds. The van der Waals surface area contributed by atoms with Gasteiger partial charge in [-0.3, -0.25) is 0 Å². The summed E-state index contributed by atoms with van der Waals surface area (Å²) in [5.74, 6) is -0.870. The van der Waals surface area contributed by atoms with Gasteiger partial charge in [0.25, 0.3) is 0 Å². The van der Waals surface area contributed by atoms with Gasteiger partial charge in [0.15, 0.2) is 5.11 Å². The summed E-state index contributed by atoms with van der Waals surface area (Å²) >= 11 is 10.9. The van der Waals surface area contributed by atoms with Gasteiger partial charge in [0, 0.05) is 12.1 Å². The van der Waals surface area contributed by atoms with Crippen LogP contribution >= 0.6 is 23.8 Å². The first kappa shape index (κ1) is 14.3. The zero-order valence-corrected chi connectivity index (χ0v) is 12.0. The summed E-state index contributed by atoms with van der Waals surface area (Å²) < 4.78 is 13.6. The summed E-state index contributed by atoms with van der Waals surface area (Å²) in [7, 11) is 0. The third-order valence-electron chi connectivity index (χ3n) is 3.23. The monoisotopic (exact) mass is 302 g/mol. The largest absolute Gasteiger partial charge is 0.506 e. The van der Waals surface area contributed by atoms with E-state index in [1.807, 2.05) is 0 Å². The molecule has 2 rings (SSSR count). The normalized spacial score (nSPS) is 16.1. The summed E-state index contributed by atoms with van der Waals surface area (Å²) in [4.78, 5) is 0. The Labute approximate surface area is 122 Å². The molecule has 0 unspecified atom stereocenters. The fraction of sp³-hybridized carbons (Fsp3) is 0.462. The summed E-state index contributed by atoms with van der Waals surface area (Å²) in [6.45, 7) is 0. The van der Waals surface area contributed by atoms with E-state index in [2.05, 4.69) is 10.6 Å². The van der Waals surface area contributed by atoms with Crippen LogP contribution in [0.1, 0.15) is 32.1 Å². The first-order valence-electron chi connectivity index (χ1n) is 6.32. The van der Waals surface area contributed by atoms with Gasteiger partial charge < -0.3 is 15.7 Å². The summed E-state index contributed by atoms with van der Waals surface area (Å²) in [5, 5.41) is 15.7. The van der Waals surface area contributed by atoms with Crippen LogP contribution in [0.3, 0.4) is 0 Å². The van der Waals surface area contributed by atoms with Crippen molar-refractivity contribution < 1.29 is 9.50 Å². The number of hydrogen-bond donors (Lipinski definition) is 3. The van der Waals surface area contributed by atoms with Crippen LogP contribution in [-0.2, 0) is 0 Å². The Morgan fingerprint density at radius 1 is 1.32 bits per heavy atom. The smallest absolute Gasteiger partial charge is 0.171 e. The number of halogens is 2. The molecule has 1 saturated carbocycles. The highest BCUT2D eigenvalue weighted by Crippen LogP contribution is 2.29. The number of nitrogens with one attached hydrogen (secondary N) is 2. The number of hydrogen-bond acceptors (Lipinski definition) is 2. The Morgan fingerprint density at radius 3 is 2.68 bits per heavy atom. The zero-order valence-electron chi connectivity index (χ0n) is 10.4. The number of phenolic OH excluding ortho intramolecular Hbond substituents is 1. The van der Waals surface area contributed by atoms with Crippen molar-refractivity contribution >= 4 is 34.6 Å². The minimum atomic E-state index is -0.588. The predicted octanol–water partition coefficient (Wildman–Crippen LogP) is 3.80. The van der Waals surface area contributed by atoms with Crippen LogP contribution in [0, 0.1) is 5.82 Å². The lowest BCUT2D eigenvalue weighted by molar-refractivity contribution is 0.414. The molecule has 0 aliphatic heterocycles. The van der Waals surface area contributed by atoms with Crippen molar-refractivity contribution in [1.29, 1.82) is 0 Å². The van der Waals surface area contributed by atoms with Crippen LogP contribution < -0.4 is 10.6 Å². The third kappa shape index (κ3) is 3.94. The van der Waals surface area contributed by atoms with Crippen LogP contribution in [0.25, 0.3) is 0 Å². The van der Waals surface area contributed by atoms with Crippen molar-refractivity contribution in [2.75, 3.05) is 5.32 Å². The number of aromatic hydroxyl groups is 1. The van der Waals surface area contributed by atoms with Gasteiger partial charge in [-0.15, -0.1) is 0 Å². The molecule has 0 radical (unpaired) electrons. The maximum Gasteiger partial charge on any atom is 0.171 e. The van der Waals surface area contributed by atoms with E-state index in [1.54, 1.807) is 0 Å². The molecule has 0 heterocycles. The highest BCUT2D eigenvalue weighted by molar-refractivity contribution is 7.80. The molecule has 19 heavy (non-hydrogen) atoms. The molecule has 3 N–H and O–H groups in total. The van der Waals surface area contributed by atoms with Gasteiger partial charge in [0.2, 0.25) is 0 Å². The number of thiocarbonyl (C=S) groups is 1. The lowest BCUT2D eigenvalue weighted by atomic mass is 9.96. The number of benzene rings is 1.